The maximum atomic E-state index is 13.6. The van der Waals surface area contributed by atoms with Gasteiger partial charge in [-0.15, -0.1) is 0 Å². The van der Waals surface area contributed by atoms with Crippen LogP contribution in [0.2, 0.25) is 0 Å². The van der Waals surface area contributed by atoms with Gasteiger partial charge >= 0.3 is 0 Å². The Kier molecular flexibility index (Phi) is 6.91. The summed E-state index contributed by atoms with van der Waals surface area (Å²) in [5.41, 5.74) is 0.776. The van der Waals surface area contributed by atoms with Crippen LogP contribution in [-0.2, 0) is 6.54 Å². The fourth-order valence-electron chi connectivity index (χ4n) is 2.15. The molecule has 18 heavy (non-hydrogen) atoms. The van der Waals surface area contributed by atoms with Crippen LogP contribution in [0, 0.1) is 5.82 Å². The third kappa shape index (κ3) is 4.75. The van der Waals surface area contributed by atoms with Crippen molar-refractivity contribution in [2.24, 2.45) is 0 Å². The molecule has 1 N–H and O–H groups in total. The first-order valence-electron chi connectivity index (χ1n) is 6.83. The zero-order chi connectivity index (χ0) is 13.4. The average Bonchev–Trinajstić information content (AvgIpc) is 2.37. The highest BCUT2D eigenvalue weighted by Gasteiger charge is 2.14. The molecule has 3 heteroatoms. The molecule has 0 aliphatic carbocycles. The third-order valence-corrected chi connectivity index (χ3v) is 3.25. The van der Waals surface area contributed by atoms with Gasteiger partial charge in [-0.25, -0.2) is 4.39 Å². The van der Waals surface area contributed by atoms with E-state index in [0.717, 1.165) is 31.5 Å². The standard InChI is InChI=1S/C15H25FN2/c1-4-8-14(11-17-5-2)18(3)12-13-9-6-7-10-15(13)16/h6-7,9-10,14,17H,4-5,8,11-12H2,1-3H3. The van der Waals surface area contributed by atoms with E-state index < -0.39 is 0 Å². The Hall–Kier alpha value is -0.930. The van der Waals surface area contributed by atoms with Gasteiger partial charge in [0.05, 0.1) is 0 Å². The van der Waals surface area contributed by atoms with Gasteiger partial charge in [0.2, 0.25) is 0 Å². The van der Waals surface area contributed by atoms with Crippen molar-refractivity contribution < 1.29 is 4.39 Å². The van der Waals surface area contributed by atoms with Crippen LogP contribution < -0.4 is 5.32 Å². The molecule has 102 valence electrons. The minimum absolute atomic E-state index is 0.108. The first kappa shape index (κ1) is 15.1. The second-order valence-corrected chi connectivity index (χ2v) is 4.76. The lowest BCUT2D eigenvalue weighted by Gasteiger charge is -2.28. The first-order chi connectivity index (χ1) is 8.69. The Morgan fingerprint density at radius 3 is 2.61 bits per heavy atom. The predicted molar refractivity (Wildman–Crippen MR) is 75.1 cm³/mol. The first-order valence-corrected chi connectivity index (χ1v) is 6.83. The summed E-state index contributed by atoms with van der Waals surface area (Å²) in [5.74, 6) is -0.108. The molecule has 1 rings (SSSR count). The second-order valence-electron chi connectivity index (χ2n) is 4.76. The van der Waals surface area contributed by atoms with Crippen LogP contribution in [0.15, 0.2) is 24.3 Å². The van der Waals surface area contributed by atoms with E-state index in [1.54, 1.807) is 6.07 Å². The van der Waals surface area contributed by atoms with E-state index in [2.05, 4.69) is 31.1 Å². The molecule has 0 radical (unpaired) electrons. The lowest BCUT2D eigenvalue weighted by atomic mass is 10.1. The van der Waals surface area contributed by atoms with Crippen LogP contribution in [0.1, 0.15) is 32.3 Å². The smallest absolute Gasteiger partial charge is 0.127 e. The van der Waals surface area contributed by atoms with Gasteiger partial charge in [-0.3, -0.25) is 4.90 Å². The topological polar surface area (TPSA) is 15.3 Å². The molecule has 0 spiro atoms. The van der Waals surface area contributed by atoms with Crippen LogP contribution in [0.3, 0.4) is 0 Å². The van der Waals surface area contributed by atoms with Crippen LogP contribution >= 0.6 is 0 Å². The highest BCUT2D eigenvalue weighted by molar-refractivity contribution is 5.17. The van der Waals surface area contributed by atoms with Crippen molar-refractivity contribution in [3.63, 3.8) is 0 Å². The summed E-state index contributed by atoms with van der Waals surface area (Å²) >= 11 is 0. The lowest BCUT2D eigenvalue weighted by Crippen LogP contribution is -2.39. The Balaban J connectivity index is 2.60. The summed E-state index contributed by atoms with van der Waals surface area (Å²) in [4.78, 5) is 2.24. The van der Waals surface area contributed by atoms with E-state index in [1.807, 2.05) is 12.1 Å². The molecule has 0 saturated heterocycles. The van der Waals surface area contributed by atoms with E-state index in [0.29, 0.717) is 12.6 Å². The summed E-state index contributed by atoms with van der Waals surface area (Å²) in [5, 5.41) is 3.38. The summed E-state index contributed by atoms with van der Waals surface area (Å²) in [6.07, 6.45) is 2.29. The molecule has 0 aliphatic heterocycles. The fourth-order valence-corrected chi connectivity index (χ4v) is 2.15. The Bertz CT molecular complexity index is 341. The van der Waals surface area contributed by atoms with Gasteiger partial charge in [-0.05, 0) is 26.1 Å². The number of hydrogen-bond acceptors (Lipinski definition) is 2. The normalized spacial score (nSPS) is 12.9. The maximum Gasteiger partial charge on any atom is 0.127 e. The SMILES string of the molecule is CCCC(CNCC)N(C)Cc1ccccc1F. The third-order valence-electron chi connectivity index (χ3n) is 3.25. The van der Waals surface area contributed by atoms with E-state index in [1.165, 1.54) is 6.07 Å². The van der Waals surface area contributed by atoms with E-state index in [-0.39, 0.29) is 5.82 Å². The summed E-state index contributed by atoms with van der Waals surface area (Å²) < 4.78 is 13.6. The molecule has 0 fully saturated rings. The van der Waals surface area contributed by atoms with Crippen molar-refractivity contribution in [3.8, 4) is 0 Å². The zero-order valence-electron chi connectivity index (χ0n) is 11.7. The van der Waals surface area contributed by atoms with Crippen LogP contribution in [0.25, 0.3) is 0 Å². The van der Waals surface area contributed by atoms with Crippen molar-refractivity contribution in [2.75, 3.05) is 20.1 Å². The molecule has 1 aromatic carbocycles. The monoisotopic (exact) mass is 252 g/mol. The summed E-state index contributed by atoms with van der Waals surface area (Å²) in [6, 6.07) is 7.49. The highest BCUT2D eigenvalue weighted by atomic mass is 19.1. The number of nitrogens with zero attached hydrogens (tertiary/aromatic N) is 1. The molecule has 2 nitrogen and oxygen atoms in total. The fraction of sp³-hybridized carbons (Fsp3) is 0.600. The predicted octanol–water partition coefficient (Wildman–Crippen LogP) is 3.04. The minimum atomic E-state index is -0.108. The Morgan fingerprint density at radius 1 is 1.28 bits per heavy atom. The maximum absolute atomic E-state index is 13.6. The summed E-state index contributed by atoms with van der Waals surface area (Å²) in [7, 11) is 2.07. The molecule has 1 atom stereocenters. The second kappa shape index (κ2) is 8.22. The number of hydrogen-bond donors (Lipinski definition) is 1. The molecule has 1 unspecified atom stereocenters. The van der Waals surface area contributed by atoms with Gasteiger partial charge in [0.1, 0.15) is 5.82 Å². The molecule has 1 aromatic rings. The van der Waals surface area contributed by atoms with Gasteiger partial charge < -0.3 is 5.32 Å². The van der Waals surface area contributed by atoms with Gasteiger partial charge in [0.15, 0.2) is 0 Å². The Labute approximate surface area is 110 Å². The van der Waals surface area contributed by atoms with Crippen molar-refractivity contribution in [3.05, 3.63) is 35.6 Å². The summed E-state index contributed by atoms with van der Waals surface area (Å²) in [6.45, 7) is 6.92. The highest BCUT2D eigenvalue weighted by Crippen LogP contribution is 2.12. The molecule has 0 aromatic heterocycles. The molecule has 0 bridgehead atoms. The van der Waals surface area contributed by atoms with Crippen LogP contribution in [0.5, 0.6) is 0 Å². The van der Waals surface area contributed by atoms with Crippen LogP contribution in [-0.4, -0.2) is 31.1 Å². The molecule has 0 heterocycles. The van der Waals surface area contributed by atoms with Crippen molar-refractivity contribution in [1.29, 1.82) is 0 Å². The number of benzene rings is 1. The van der Waals surface area contributed by atoms with Gasteiger partial charge in [-0.1, -0.05) is 38.5 Å². The van der Waals surface area contributed by atoms with Gasteiger partial charge in [0, 0.05) is 24.7 Å². The van der Waals surface area contributed by atoms with Crippen molar-refractivity contribution in [2.45, 2.75) is 39.3 Å². The van der Waals surface area contributed by atoms with Gasteiger partial charge in [0.25, 0.3) is 0 Å². The van der Waals surface area contributed by atoms with Crippen molar-refractivity contribution >= 4 is 0 Å². The Morgan fingerprint density at radius 2 is 2.00 bits per heavy atom. The number of likely N-dealkylation sites (N-methyl/N-ethyl adjacent to an activating group) is 2. The van der Waals surface area contributed by atoms with E-state index >= 15 is 0 Å². The number of rotatable bonds is 8. The zero-order valence-corrected chi connectivity index (χ0v) is 11.7. The molecule has 0 aliphatic rings. The molecule has 0 amide bonds. The largest absolute Gasteiger partial charge is 0.315 e. The minimum Gasteiger partial charge on any atom is -0.315 e. The van der Waals surface area contributed by atoms with E-state index in [4.69, 9.17) is 0 Å². The number of nitrogens with one attached hydrogen (secondary N) is 1. The lowest BCUT2D eigenvalue weighted by molar-refractivity contribution is 0.213. The van der Waals surface area contributed by atoms with Crippen molar-refractivity contribution in [1.82, 2.24) is 10.2 Å². The van der Waals surface area contributed by atoms with Gasteiger partial charge in [-0.2, -0.15) is 0 Å². The number of halogens is 1. The molecule has 0 saturated carbocycles. The van der Waals surface area contributed by atoms with Crippen LogP contribution in [0.4, 0.5) is 4.39 Å². The van der Waals surface area contributed by atoms with E-state index in [9.17, 15) is 4.39 Å². The quantitative estimate of drug-likeness (QED) is 0.765. The molecular weight excluding hydrogens is 227 g/mol. The average molecular weight is 252 g/mol. The molecular formula is C15H25FN2.